The third-order valence-corrected chi connectivity index (χ3v) is 3.89. The number of pyridine rings is 1. The van der Waals surface area contributed by atoms with Crippen LogP contribution in [0.25, 0.3) is 0 Å². The molecule has 0 aliphatic rings. The Balaban J connectivity index is 2.36. The second-order valence-electron chi connectivity index (χ2n) is 3.06. The van der Waals surface area contributed by atoms with Crippen molar-refractivity contribution in [2.45, 2.75) is 6.04 Å². The monoisotopic (exact) mass is 334 g/mol. The normalized spacial score (nSPS) is 12.7. The van der Waals surface area contributed by atoms with Crippen LogP contribution in [0.15, 0.2) is 29.9 Å². The second kappa shape index (κ2) is 4.54. The number of halogens is 2. The number of aromatic nitrogens is 1. The highest BCUT2D eigenvalue weighted by Crippen LogP contribution is 2.26. The molecular formula is C10H8FIN2S. The maximum absolute atomic E-state index is 13.4. The minimum Gasteiger partial charge on any atom is -0.320 e. The lowest BCUT2D eigenvalue weighted by Gasteiger charge is -2.10. The fraction of sp³-hybridized carbons (Fsp3) is 0.100. The second-order valence-corrected chi connectivity index (χ2v) is 5.86. The zero-order chi connectivity index (χ0) is 10.8. The molecule has 5 heteroatoms. The summed E-state index contributed by atoms with van der Waals surface area (Å²) in [5.74, 6) is -0.355. The maximum atomic E-state index is 13.4. The Labute approximate surface area is 104 Å². The van der Waals surface area contributed by atoms with E-state index < -0.39 is 6.04 Å². The van der Waals surface area contributed by atoms with Crippen LogP contribution in [-0.2, 0) is 0 Å². The van der Waals surface area contributed by atoms with Crippen LogP contribution in [-0.4, -0.2) is 4.98 Å². The van der Waals surface area contributed by atoms with E-state index in [1.807, 2.05) is 11.4 Å². The largest absolute Gasteiger partial charge is 0.320 e. The Bertz CT molecular complexity index is 472. The van der Waals surface area contributed by atoms with Gasteiger partial charge in [0.05, 0.1) is 15.1 Å². The van der Waals surface area contributed by atoms with E-state index in [9.17, 15) is 4.39 Å². The van der Waals surface area contributed by atoms with Crippen LogP contribution in [0, 0.1) is 8.70 Å². The van der Waals surface area contributed by atoms with Crippen molar-refractivity contribution in [3.63, 3.8) is 0 Å². The Morgan fingerprint density at radius 3 is 2.93 bits per heavy atom. The van der Waals surface area contributed by atoms with Crippen molar-refractivity contribution in [1.29, 1.82) is 0 Å². The molecule has 78 valence electrons. The molecular weight excluding hydrogens is 326 g/mol. The Morgan fingerprint density at radius 1 is 1.53 bits per heavy atom. The van der Waals surface area contributed by atoms with E-state index in [4.69, 9.17) is 5.73 Å². The van der Waals surface area contributed by atoms with Crippen LogP contribution in [0.3, 0.4) is 0 Å². The molecule has 1 atom stereocenters. The summed E-state index contributed by atoms with van der Waals surface area (Å²) < 4.78 is 14.5. The number of rotatable bonds is 2. The number of hydrogen-bond acceptors (Lipinski definition) is 3. The van der Waals surface area contributed by atoms with Gasteiger partial charge in [-0.3, -0.25) is 4.98 Å². The lowest BCUT2D eigenvalue weighted by Crippen LogP contribution is -2.12. The summed E-state index contributed by atoms with van der Waals surface area (Å²) in [5, 5.41) is 1.95. The van der Waals surface area contributed by atoms with Crippen LogP contribution in [0.1, 0.15) is 17.2 Å². The molecule has 0 aromatic carbocycles. The van der Waals surface area contributed by atoms with Gasteiger partial charge in [0.15, 0.2) is 0 Å². The van der Waals surface area contributed by atoms with Crippen LogP contribution in [0.2, 0.25) is 0 Å². The van der Waals surface area contributed by atoms with E-state index in [1.165, 1.54) is 6.20 Å². The quantitative estimate of drug-likeness (QED) is 0.858. The summed E-state index contributed by atoms with van der Waals surface area (Å²) in [4.78, 5) is 3.70. The molecule has 2 nitrogen and oxygen atoms in total. The van der Waals surface area contributed by atoms with E-state index in [-0.39, 0.29) is 5.82 Å². The molecule has 2 rings (SSSR count). The minimum atomic E-state index is -0.409. The average Bonchev–Trinajstić information content (AvgIpc) is 2.65. The van der Waals surface area contributed by atoms with Gasteiger partial charge < -0.3 is 5.73 Å². The Kier molecular flexibility index (Phi) is 3.32. The molecule has 0 aliphatic heterocycles. The standard InChI is InChI=1S/C10H8FIN2S/c11-8-4-14-2-1-7(8)10(13)6-3-9(12)15-5-6/h1-5,10H,13H2. The van der Waals surface area contributed by atoms with Gasteiger partial charge in [0.1, 0.15) is 5.82 Å². The number of hydrogen-bond donors (Lipinski definition) is 1. The Morgan fingerprint density at radius 2 is 2.33 bits per heavy atom. The highest BCUT2D eigenvalue weighted by atomic mass is 127. The summed E-state index contributed by atoms with van der Waals surface area (Å²) in [5.41, 5.74) is 7.39. The predicted octanol–water partition coefficient (Wildman–Crippen LogP) is 2.93. The predicted molar refractivity (Wildman–Crippen MR) is 67.3 cm³/mol. The first-order chi connectivity index (χ1) is 7.18. The molecule has 0 saturated heterocycles. The first-order valence-electron chi connectivity index (χ1n) is 4.27. The summed E-state index contributed by atoms with van der Waals surface area (Å²) in [6.07, 6.45) is 2.74. The molecule has 1 unspecified atom stereocenters. The van der Waals surface area contributed by atoms with Crippen molar-refractivity contribution >= 4 is 33.9 Å². The molecule has 0 radical (unpaired) electrons. The molecule has 0 fully saturated rings. The molecule has 2 N–H and O–H groups in total. The van der Waals surface area contributed by atoms with Crippen LogP contribution in [0.5, 0.6) is 0 Å². The maximum Gasteiger partial charge on any atom is 0.146 e. The zero-order valence-corrected chi connectivity index (χ0v) is 10.6. The zero-order valence-electron chi connectivity index (χ0n) is 7.65. The van der Waals surface area contributed by atoms with Gasteiger partial charge in [-0.15, -0.1) is 11.3 Å². The smallest absolute Gasteiger partial charge is 0.146 e. The SMILES string of the molecule is NC(c1csc(I)c1)c1ccncc1F. The number of thiophene rings is 1. The van der Waals surface area contributed by atoms with Crippen molar-refractivity contribution in [1.82, 2.24) is 4.98 Å². The molecule has 0 bridgehead atoms. The summed E-state index contributed by atoms with van der Waals surface area (Å²) in [6.45, 7) is 0. The van der Waals surface area contributed by atoms with E-state index >= 15 is 0 Å². The lowest BCUT2D eigenvalue weighted by molar-refractivity contribution is 0.593. The van der Waals surface area contributed by atoms with Crippen molar-refractivity contribution in [3.05, 3.63) is 49.7 Å². The highest BCUT2D eigenvalue weighted by Gasteiger charge is 2.14. The molecule has 0 spiro atoms. The third-order valence-electron chi connectivity index (χ3n) is 2.09. The van der Waals surface area contributed by atoms with Crippen LogP contribution < -0.4 is 5.73 Å². The molecule has 2 heterocycles. The van der Waals surface area contributed by atoms with Crippen molar-refractivity contribution in [2.24, 2.45) is 5.73 Å². The summed E-state index contributed by atoms with van der Waals surface area (Å²) in [6, 6.07) is 3.17. The lowest BCUT2D eigenvalue weighted by atomic mass is 10.0. The number of nitrogens with two attached hydrogens (primary N) is 1. The summed E-state index contributed by atoms with van der Waals surface area (Å²) in [7, 11) is 0. The first-order valence-corrected chi connectivity index (χ1v) is 6.23. The van der Waals surface area contributed by atoms with Crippen molar-refractivity contribution < 1.29 is 4.39 Å². The van der Waals surface area contributed by atoms with Crippen molar-refractivity contribution in [3.8, 4) is 0 Å². The van der Waals surface area contributed by atoms with Gasteiger partial charge in [-0.2, -0.15) is 0 Å². The van der Waals surface area contributed by atoms with Gasteiger partial charge in [-0.1, -0.05) is 0 Å². The average molecular weight is 334 g/mol. The van der Waals surface area contributed by atoms with Gasteiger partial charge >= 0.3 is 0 Å². The van der Waals surface area contributed by atoms with Crippen LogP contribution in [0.4, 0.5) is 4.39 Å². The molecule has 0 aliphatic carbocycles. The van der Waals surface area contributed by atoms with E-state index in [0.29, 0.717) is 5.56 Å². The van der Waals surface area contributed by atoms with E-state index in [0.717, 1.165) is 8.45 Å². The van der Waals surface area contributed by atoms with Gasteiger partial charge in [-0.05, 0) is 45.7 Å². The topological polar surface area (TPSA) is 38.9 Å². The van der Waals surface area contributed by atoms with Gasteiger partial charge in [0.2, 0.25) is 0 Å². The van der Waals surface area contributed by atoms with Crippen LogP contribution >= 0.6 is 33.9 Å². The fourth-order valence-electron chi connectivity index (χ4n) is 1.30. The molecule has 2 aromatic heterocycles. The highest BCUT2D eigenvalue weighted by molar-refractivity contribution is 14.1. The molecule has 0 amide bonds. The van der Waals surface area contributed by atoms with Gasteiger partial charge in [0, 0.05) is 11.8 Å². The third kappa shape index (κ3) is 2.35. The molecule has 0 saturated carbocycles. The van der Waals surface area contributed by atoms with Gasteiger partial charge in [-0.25, -0.2) is 4.39 Å². The molecule has 2 aromatic rings. The van der Waals surface area contributed by atoms with E-state index in [1.54, 1.807) is 23.6 Å². The Hall–Kier alpha value is -0.530. The van der Waals surface area contributed by atoms with Crippen molar-refractivity contribution in [2.75, 3.05) is 0 Å². The van der Waals surface area contributed by atoms with Gasteiger partial charge in [0.25, 0.3) is 0 Å². The molecule has 15 heavy (non-hydrogen) atoms. The first kappa shape index (κ1) is 11.0. The fourth-order valence-corrected chi connectivity index (χ4v) is 2.71. The number of nitrogens with zero attached hydrogens (tertiary/aromatic N) is 1. The minimum absolute atomic E-state index is 0.355. The van der Waals surface area contributed by atoms with E-state index in [2.05, 4.69) is 27.6 Å². The summed E-state index contributed by atoms with van der Waals surface area (Å²) >= 11 is 3.82.